The Morgan fingerprint density at radius 1 is 1.53 bits per heavy atom. The van der Waals surface area contributed by atoms with E-state index in [-0.39, 0.29) is 12.5 Å². The highest BCUT2D eigenvalue weighted by Crippen LogP contribution is 2.07. The van der Waals surface area contributed by atoms with Crippen LogP contribution in [0.4, 0.5) is 0 Å². The third-order valence-corrected chi connectivity index (χ3v) is 2.49. The zero-order valence-electron chi connectivity index (χ0n) is 10.2. The fourth-order valence-electron chi connectivity index (χ4n) is 0.829. The van der Waals surface area contributed by atoms with Crippen molar-refractivity contribution in [3.05, 3.63) is 0 Å². The number of aliphatic hydroxyl groups excluding tert-OH is 1. The Hall–Kier alpha value is -0.610. The molecule has 1 unspecified atom stereocenters. The van der Waals surface area contributed by atoms with Crippen LogP contribution in [-0.2, 0) is 9.53 Å². The van der Waals surface area contributed by atoms with E-state index >= 15 is 0 Å². The van der Waals surface area contributed by atoms with Gasteiger partial charge in [0.15, 0.2) is 0 Å². The van der Waals surface area contributed by atoms with Crippen molar-refractivity contribution in [2.24, 2.45) is 0 Å². The summed E-state index contributed by atoms with van der Waals surface area (Å²) in [5, 5.41) is 12.4. The van der Waals surface area contributed by atoms with Crippen molar-refractivity contribution in [2.75, 3.05) is 13.2 Å². The van der Waals surface area contributed by atoms with Gasteiger partial charge in [-0.05, 0) is 27.2 Å². The van der Waals surface area contributed by atoms with Gasteiger partial charge >= 0.3 is 5.97 Å². The van der Waals surface area contributed by atoms with Crippen LogP contribution in [0.3, 0.4) is 0 Å². The monoisotopic (exact) mass is 217 g/mol. The lowest BCUT2D eigenvalue weighted by Crippen LogP contribution is -2.50. The molecule has 0 aliphatic carbocycles. The Morgan fingerprint density at radius 3 is 2.60 bits per heavy atom. The van der Waals surface area contributed by atoms with E-state index in [9.17, 15) is 9.90 Å². The summed E-state index contributed by atoms with van der Waals surface area (Å²) in [5.74, 6) is -0.267. The Balaban J connectivity index is 3.71. The van der Waals surface area contributed by atoms with Gasteiger partial charge in [0.25, 0.3) is 0 Å². The van der Waals surface area contributed by atoms with Crippen molar-refractivity contribution >= 4 is 5.97 Å². The average Bonchev–Trinajstić information content (AvgIpc) is 2.15. The van der Waals surface area contributed by atoms with E-state index in [1.807, 2.05) is 20.8 Å². The van der Waals surface area contributed by atoms with Gasteiger partial charge < -0.3 is 9.84 Å². The first kappa shape index (κ1) is 14.4. The highest BCUT2D eigenvalue weighted by atomic mass is 16.5. The number of ether oxygens (including phenoxy) is 1. The third kappa shape index (κ3) is 6.47. The van der Waals surface area contributed by atoms with Gasteiger partial charge in [0.1, 0.15) is 0 Å². The second-order valence-electron chi connectivity index (χ2n) is 4.33. The Labute approximate surface area is 92.0 Å². The molecule has 0 amide bonds. The molecule has 0 aromatic heterocycles. The largest absolute Gasteiger partial charge is 0.465 e. The molecule has 4 heteroatoms. The number of hydrogen-bond donors (Lipinski definition) is 2. The first-order valence-electron chi connectivity index (χ1n) is 5.49. The molecule has 0 aromatic rings. The van der Waals surface area contributed by atoms with Crippen LogP contribution in [0.1, 0.15) is 40.5 Å². The van der Waals surface area contributed by atoms with Gasteiger partial charge in [0.05, 0.1) is 19.3 Å². The molecule has 0 aliphatic heterocycles. The molecule has 90 valence electrons. The van der Waals surface area contributed by atoms with Gasteiger partial charge in [0, 0.05) is 5.54 Å². The summed E-state index contributed by atoms with van der Waals surface area (Å²) in [7, 11) is 0. The smallest absolute Gasteiger partial charge is 0.319 e. The van der Waals surface area contributed by atoms with Crippen LogP contribution in [0.5, 0.6) is 0 Å². The maximum absolute atomic E-state index is 11.2. The molecule has 0 aliphatic rings. The van der Waals surface area contributed by atoms with E-state index in [0.29, 0.717) is 6.61 Å². The van der Waals surface area contributed by atoms with Gasteiger partial charge in [-0.25, -0.2) is 0 Å². The van der Waals surface area contributed by atoms with Gasteiger partial charge in [-0.15, -0.1) is 0 Å². The molecule has 2 N–H and O–H groups in total. The maximum atomic E-state index is 11.2. The van der Waals surface area contributed by atoms with Gasteiger partial charge in [0.2, 0.25) is 0 Å². The quantitative estimate of drug-likeness (QED) is 0.495. The van der Waals surface area contributed by atoms with E-state index in [4.69, 9.17) is 4.74 Å². The standard InChI is InChI=1S/C11H23NO3/c1-5-6-7-15-10(14)8-12-11(3,4)9(2)13/h9,12-13H,5-8H2,1-4H3. The zero-order valence-corrected chi connectivity index (χ0v) is 10.2. The van der Waals surface area contributed by atoms with Crippen molar-refractivity contribution in [3.63, 3.8) is 0 Å². The summed E-state index contributed by atoms with van der Waals surface area (Å²) < 4.78 is 4.97. The number of esters is 1. The highest BCUT2D eigenvalue weighted by Gasteiger charge is 2.24. The van der Waals surface area contributed by atoms with Crippen molar-refractivity contribution in [2.45, 2.75) is 52.2 Å². The van der Waals surface area contributed by atoms with Crippen LogP contribution >= 0.6 is 0 Å². The molecular weight excluding hydrogens is 194 g/mol. The Kier molecular flexibility index (Phi) is 6.52. The molecule has 0 rings (SSSR count). The molecule has 0 bridgehead atoms. The molecule has 4 nitrogen and oxygen atoms in total. The molecule has 0 saturated heterocycles. The summed E-state index contributed by atoms with van der Waals surface area (Å²) >= 11 is 0. The average molecular weight is 217 g/mol. The molecule has 0 spiro atoms. The van der Waals surface area contributed by atoms with E-state index in [2.05, 4.69) is 5.32 Å². The van der Waals surface area contributed by atoms with Crippen LogP contribution in [0.2, 0.25) is 0 Å². The molecule has 0 heterocycles. The number of nitrogens with one attached hydrogen (secondary N) is 1. The Morgan fingerprint density at radius 2 is 2.13 bits per heavy atom. The third-order valence-electron chi connectivity index (χ3n) is 2.49. The predicted molar refractivity (Wildman–Crippen MR) is 59.6 cm³/mol. The number of carbonyl (C=O) groups excluding carboxylic acids is 1. The van der Waals surface area contributed by atoms with Crippen LogP contribution in [0, 0.1) is 0 Å². The lowest BCUT2D eigenvalue weighted by atomic mass is 9.99. The summed E-state index contributed by atoms with van der Waals surface area (Å²) in [6.07, 6.45) is 1.40. The van der Waals surface area contributed by atoms with Crippen LogP contribution in [0.15, 0.2) is 0 Å². The first-order chi connectivity index (χ1) is 6.90. The minimum Gasteiger partial charge on any atom is -0.465 e. The molecular formula is C11H23NO3. The predicted octanol–water partition coefficient (Wildman–Crippen LogP) is 1.08. The van der Waals surface area contributed by atoms with Crippen molar-refractivity contribution in [1.29, 1.82) is 0 Å². The summed E-state index contributed by atoms with van der Waals surface area (Å²) in [6.45, 7) is 8.04. The molecule has 15 heavy (non-hydrogen) atoms. The molecule has 1 atom stereocenters. The number of carbonyl (C=O) groups is 1. The minimum atomic E-state index is -0.513. The Bertz CT molecular complexity index is 190. The van der Waals surface area contributed by atoms with E-state index in [0.717, 1.165) is 12.8 Å². The van der Waals surface area contributed by atoms with Gasteiger partial charge in [-0.2, -0.15) is 0 Å². The number of unbranched alkanes of at least 4 members (excludes halogenated alkanes) is 1. The minimum absolute atomic E-state index is 0.140. The van der Waals surface area contributed by atoms with Crippen LogP contribution < -0.4 is 5.32 Å². The molecule has 0 fully saturated rings. The normalized spacial score (nSPS) is 13.7. The lowest BCUT2D eigenvalue weighted by Gasteiger charge is -2.28. The van der Waals surface area contributed by atoms with Crippen molar-refractivity contribution < 1.29 is 14.6 Å². The fourth-order valence-corrected chi connectivity index (χ4v) is 0.829. The summed E-state index contributed by atoms with van der Waals surface area (Å²) in [6, 6.07) is 0. The fraction of sp³-hybridized carbons (Fsp3) is 0.909. The van der Waals surface area contributed by atoms with E-state index in [1.165, 1.54) is 0 Å². The molecule has 0 aromatic carbocycles. The summed E-state index contributed by atoms with van der Waals surface area (Å²) in [4.78, 5) is 11.2. The highest BCUT2D eigenvalue weighted by molar-refractivity contribution is 5.71. The van der Waals surface area contributed by atoms with E-state index < -0.39 is 11.6 Å². The number of aliphatic hydroxyl groups is 1. The van der Waals surface area contributed by atoms with Crippen LogP contribution in [0.25, 0.3) is 0 Å². The maximum Gasteiger partial charge on any atom is 0.319 e. The first-order valence-corrected chi connectivity index (χ1v) is 5.49. The molecule has 0 radical (unpaired) electrons. The van der Waals surface area contributed by atoms with Crippen LogP contribution in [-0.4, -0.2) is 35.9 Å². The topological polar surface area (TPSA) is 58.6 Å². The van der Waals surface area contributed by atoms with Crippen molar-refractivity contribution in [3.8, 4) is 0 Å². The lowest BCUT2D eigenvalue weighted by molar-refractivity contribution is -0.143. The number of rotatable bonds is 7. The second kappa shape index (κ2) is 6.80. The van der Waals surface area contributed by atoms with Gasteiger partial charge in [-0.3, -0.25) is 10.1 Å². The SMILES string of the molecule is CCCCOC(=O)CNC(C)(C)C(C)O. The van der Waals surface area contributed by atoms with Crippen molar-refractivity contribution in [1.82, 2.24) is 5.32 Å². The summed E-state index contributed by atoms with van der Waals surface area (Å²) in [5.41, 5.74) is -0.468. The zero-order chi connectivity index (χ0) is 11.9. The van der Waals surface area contributed by atoms with E-state index in [1.54, 1.807) is 6.92 Å². The molecule has 0 saturated carbocycles. The number of hydrogen-bond acceptors (Lipinski definition) is 4. The second-order valence-corrected chi connectivity index (χ2v) is 4.33. The van der Waals surface area contributed by atoms with Gasteiger partial charge in [-0.1, -0.05) is 13.3 Å².